The number of carbonyl (C=O) groups excluding carboxylic acids is 1. The molecule has 44 heavy (non-hydrogen) atoms. The minimum absolute atomic E-state index is 0.0129. The van der Waals surface area contributed by atoms with E-state index < -0.39 is 5.97 Å². The Morgan fingerprint density at radius 3 is 1.11 bits per heavy atom. The molecular formula is C40H76O4. The van der Waals surface area contributed by atoms with Gasteiger partial charge in [0.15, 0.2) is 0 Å². The normalized spacial score (nSPS) is 11.2. The molecule has 0 bridgehead atoms. The summed E-state index contributed by atoms with van der Waals surface area (Å²) in [4.78, 5) is 21.7. The van der Waals surface area contributed by atoms with Crippen LogP contribution in [0.4, 0.5) is 0 Å². The lowest BCUT2D eigenvalue weighted by atomic mass is 10.1. The second-order valence-corrected chi connectivity index (χ2v) is 12.6. The summed E-state index contributed by atoms with van der Waals surface area (Å²) in [7, 11) is 0. The Morgan fingerprint density at radius 1 is 0.432 bits per heavy atom. The van der Waals surface area contributed by atoms with E-state index in [9.17, 15) is 9.59 Å². The van der Waals surface area contributed by atoms with Crippen molar-refractivity contribution in [1.82, 2.24) is 0 Å². The third kappa shape index (κ3) is 44.9. The molecule has 0 amide bonds. The quantitative estimate of drug-likeness (QED) is 0.0450. The second kappa shape index (κ2) is 41.4. The van der Waals surface area contributed by atoms with Crippen molar-refractivity contribution in [3.8, 4) is 0 Å². The fourth-order valence-corrected chi connectivity index (χ4v) is 5.09. The van der Waals surface area contributed by atoms with Crippen LogP contribution in [0.25, 0.3) is 0 Å². The van der Waals surface area contributed by atoms with Crippen LogP contribution >= 0.6 is 0 Å². The molecule has 0 aliphatic heterocycles. The van der Waals surface area contributed by atoms with Crippen molar-refractivity contribution in [2.24, 2.45) is 0 Å². The van der Waals surface area contributed by atoms with E-state index in [0.717, 1.165) is 38.5 Å². The Hall–Kier alpha value is -1.58. The highest BCUT2D eigenvalue weighted by molar-refractivity contribution is 5.69. The first kappa shape index (κ1) is 44.5. The molecular weight excluding hydrogens is 544 g/mol. The van der Waals surface area contributed by atoms with Gasteiger partial charge >= 0.3 is 11.9 Å². The van der Waals surface area contributed by atoms with Gasteiger partial charge in [0.25, 0.3) is 0 Å². The average Bonchev–Trinajstić information content (AvgIpc) is 3.01. The number of hydrogen-bond acceptors (Lipinski definition) is 3. The second-order valence-electron chi connectivity index (χ2n) is 12.6. The van der Waals surface area contributed by atoms with Crippen LogP contribution in [0, 0.1) is 0 Å². The Kier molecular flexibility index (Phi) is 41.9. The summed E-state index contributed by atoms with van der Waals surface area (Å²) in [5.41, 5.74) is 0. The summed E-state index contributed by atoms with van der Waals surface area (Å²) in [5, 5.41) is 8.51. The first-order chi connectivity index (χ1) is 21.6. The molecule has 0 saturated carbocycles. The van der Waals surface area contributed by atoms with Gasteiger partial charge in [-0.3, -0.25) is 9.59 Å². The molecule has 0 fully saturated rings. The van der Waals surface area contributed by atoms with E-state index in [-0.39, 0.29) is 5.97 Å². The maximum atomic E-state index is 11.4. The zero-order valence-corrected chi connectivity index (χ0v) is 29.9. The molecule has 0 rings (SSSR count). The highest BCUT2D eigenvalue weighted by Crippen LogP contribution is 2.11. The number of esters is 1. The molecule has 0 atom stereocenters. The van der Waals surface area contributed by atoms with Gasteiger partial charge in [0.1, 0.15) is 0 Å². The summed E-state index contributed by atoms with van der Waals surface area (Å²) >= 11 is 0. The molecule has 4 nitrogen and oxygen atoms in total. The summed E-state index contributed by atoms with van der Waals surface area (Å²) < 4.78 is 5.15. The van der Waals surface area contributed by atoms with Gasteiger partial charge in [0.05, 0.1) is 6.61 Å². The van der Waals surface area contributed by atoms with E-state index in [2.05, 4.69) is 45.1 Å². The molecule has 0 heterocycles. The van der Waals surface area contributed by atoms with Crippen molar-refractivity contribution in [2.75, 3.05) is 6.61 Å². The van der Waals surface area contributed by atoms with E-state index in [4.69, 9.17) is 9.84 Å². The third-order valence-electron chi connectivity index (χ3n) is 8.06. The van der Waals surface area contributed by atoms with Gasteiger partial charge in [0.2, 0.25) is 0 Å². The van der Waals surface area contributed by atoms with Gasteiger partial charge in [-0.15, -0.1) is 0 Å². The van der Waals surface area contributed by atoms with Crippen LogP contribution in [0.15, 0.2) is 24.3 Å². The molecule has 0 radical (unpaired) electrons. The maximum absolute atomic E-state index is 11.4. The smallest absolute Gasteiger partial charge is 0.305 e. The van der Waals surface area contributed by atoms with E-state index in [1.807, 2.05) is 0 Å². The van der Waals surface area contributed by atoms with Crippen LogP contribution in [0.2, 0.25) is 0 Å². The Bertz CT molecular complexity index is 625. The molecule has 0 aliphatic rings. The monoisotopic (exact) mass is 621 g/mol. The molecule has 0 aromatic carbocycles. The highest BCUT2D eigenvalue weighted by Gasteiger charge is 2.01. The minimum atomic E-state index is -0.664. The average molecular weight is 621 g/mol. The number of unbranched alkanes of at least 4 members (excludes halogenated alkanes) is 23. The van der Waals surface area contributed by atoms with Gasteiger partial charge in [-0.1, -0.05) is 154 Å². The van der Waals surface area contributed by atoms with Crippen LogP contribution < -0.4 is 0 Å². The number of aliphatic carboxylic acids is 1. The van der Waals surface area contributed by atoms with Crippen molar-refractivity contribution >= 4 is 11.9 Å². The first-order valence-corrected chi connectivity index (χ1v) is 19.3. The van der Waals surface area contributed by atoms with Crippen LogP contribution in [0.1, 0.15) is 213 Å². The predicted molar refractivity (Wildman–Crippen MR) is 192 cm³/mol. The largest absolute Gasteiger partial charge is 0.481 e. The molecule has 0 spiro atoms. The maximum Gasteiger partial charge on any atom is 0.305 e. The zero-order valence-electron chi connectivity index (χ0n) is 29.9. The number of carbonyl (C=O) groups is 2. The number of ether oxygens (including phenoxy) is 1. The highest BCUT2D eigenvalue weighted by atomic mass is 16.5. The van der Waals surface area contributed by atoms with Crippen LogP contribution in [0.3, 0.4) is 0 Å². The Morgan fingerprint density at radius 2 is 0.750 bits per heavy atom. The lowest BCUT2D eigenvalue weighted by Crippen LogP contribution is -2.05. The molecule has 4 heteroatoms. The van der Waals surface area contributed by atoms with Crippen LogP contribution in [-0.4, -0.2) is 23.7 Å². The van der Waals surface area contributed by atoms with Gasteiger partial charge < -0.3 is 9.84 Å². The van der Waals surface area contributed by atoms with Crippen LogP contribution in [-0.2, 0) is 14.3 Å². The molecule has 1 N–H and O–H groups in total. The molecule has 0 aromatic heterocycles. The van der Waals surface area contributed by atoms with Crippen molar-refractivity contribution in [3.05, 3.63) is 24.3 Å². The fraction of sp³-hybridized carbons (Fsp3) is 0.850. The molecule has 0 saturated heterocycles. The summed E-state index contributed by atoms with van der Waals surface area (Å²) in [6.07, 6.45) is 45.4. The summed E-state index contributed by atoms with van der Waals surface area (Å²) in [6.45, 7) is 7.23. The van der Waals surface area contributed by atoms with Gasteiger partial charge in [-0.05, 0) is 70.6 Å². The topological polar surface area (TPSA) is 63.6 Å². The summed E-state index contributed by atoms with van der Waals surface area (Å²) in [6, 6.07) is 0. The number of hydrogen-bond donors (Lipinski definition) is 1. The fourth-order valence-electron chi connectivity index (χ4n) is 5.09. The number of allylic oxidation sites excluding steroid dienone is 4. The number of carboxylic acids is 1. The van der Waals surface area contributed by atoms with Crippen molar-refractivity contribution in [2.45, 2.75) is 213 Å². The SMILES string of the molecule is CCCCCCCCC=CCCCCCCCC(=O)O.CCCCCCCCC=CCCCCCCCC(=O)OCCCC. The van der Waals surface area contributed by atoms with Crippen molar-refractivity contribution in [1.29, 1.82) is 0 Å². The van der Waals surface area contributed by atoms with E-state index in [1.54, 1.807) is 0 Å². The van der Waals surface area contributed by atoms with Gasteiger partial charge in [0, 0.05) is 12.8 Å². The molecule has 0 aliphatic carbocycles. The molecule has 0 unspecified atom stereocenters. The van der Waals surface area contributed by atoms with E-state index in [1.165, 1.54) is 141 Å². The Balaban J connectivity index is 0. The van der Waals surface area contributed by atoms with Gasteiger partial charge in [-0.25, -0.2) is 0 Å². The molecule has 260 valence electrons. The van der Waals surface area contributed by atoms with Crippen molar-refractivity contribution in [3.63, 3.8) is 0 Å². The lowest BCUT2D eigenvalue weighted by molar-refractivity contribution is -0.144. The lowest BCUT2D eigenvalue weighted by Gasteiger charge is -2.03. The van der Waals surface area contributed by atoms with E-state index in [0.29, 0.717) is 19.4 Å². The third-order valence-corrected chi connectivity index (χ3v) is 8.06. The van der Waals surface area contributed by atoms with E-state index >= 15 is 0 Å². The predicted octanol–water partition coefficient (Wildman–Crippen LogP) is 13.5. The van der Waals surface area contributed by atoms with Gasteiger partial charge in [-0.2, -0.15) is 0 Å². The number of carboxylic acid groups (broad SMARTS) is 1. The van der Waals surface area contributed by atoms with Crippen molar-refractivity contribution < 1.29 is 19.4 Å². The first-order valence-electron chi connectivity index (χ1n) is 19.3. The minimum Gasteiger partial charge on any atom is -0.481 e. The Labute approximate surface area is 275 Å². The number of rotatable bonds is 33. The standard InChI is InChI=1S/C22H42O2.C18H34O2/c1-3-5-7-8-9-10-11-12-13-14-15-16-17-18-19-20-22(23)24-21-6-4-2;1-2-3-4-5-6-7-8-9-10-11-12-13-14-15-16-17-18(19)20/h12-13H,3-11,14-21H2,1-2H3;9-10H,2-8,11-17H2,1H3,(H,19,20). The molecule has 0 aromatic rings. The zero-order chi connectivity index (χ0) is 32.6. The summed E-state index contributed by atoms with van der Waals surface area (Å²) in [5.74, 6) is -0.677. The van der Waals surface area contributed by atoms with Crippen LogP contribution in [0.5, 0.6) is 0 Å².